The summed E-state index contributed by atoms with van der Waals surface area (Å²) in [4.78, 5) is 0. The van der Waals surface area contributed by atoms with Crippen LogP contribution in [0.15, 0.2) is 24.3 Å². The molecule has 0 radical (unpaired) electrons. The highest BCUT2D eigenvalue weighted by Gasteiger charge is 2.31. The Balaban J connectivity index is 2.21. The quantitative estimate of drug-likeness (QED) is 0.814. The Morgan fingerprint density at radius 3 is 2.76 bits per heavy atom. The van der Waals surface area contributed by atoms with Crippen LogP contribution in [0.2, 0.25) is 0 Å². The Labute approximate surface area is 106 Å². The van der Waals surface area contributed by atoms with Gasteiger partial charge in [-0.15, -0.1) is 0 Å². The molecule has 1 aliphatic rings. The highest BCUT2D eigenvalue weighted by molar-refractivity contribution is 5.36. The van der Waals surface area contributed by atoms with Crippen LogP contribution in [-0.4, -0.2) is 12.6 Å². The lowest BCUT2D eigenvalue weighted by molar-refractivity contribution is 0.320. The lowest BCUT2D eigenvalue weighted by Crippen LogP contribution is -2.39. The molecule has 0 spiro atoms. The van der Waals surface area contributed by atoms with Gasteiger partial charge in [-0.25, -0.2) is 0 Å². The van der Waals surface area contributed by atoms with E-state index in [0.717, 1.165) is 18.4 Å². The molecule has 0 saturated heterocycles. The molecular formula is C16H25N. The molecule has 0 saturated carbocycles. The first-order valence-electron chi connectivity index (χ1n) is 7.09. The Kier molecular flexibility index (Phi) is 4.22. The van der Waals surface area contributed by atoms with Gasteiger partial charge in [0.25, 0.3) is 0 Å². The standard InChI is InChI=1S/C16H25N/c1-4-12(3)16(17-5-2)15-11-10-13-8-6-7-9-14(13)15/h6-9,12,15-17H,4-5,10-11H2,1-3H3. The van der Waals surface area contributed by atoms with E-state index in [-0.39, 0.29) is 0 Å². The van der Waals surface area contributed by atoms with Gasteiger partial charge in [0, 0.05) is 12.0 Å². The van der Waals surface area contributed by atoms with Crippen molar-refractivity contribution in [2.45, 2.75) is 52.0 Å². The van der Waals surface area contributed by atoms with Crippen molar-refractivity contribution in [1.29, 1.82) is 0 Å². The van der Waals surface area contributed by atoms with Crippen molar-refractivity contribution in [2.75, 3.05) is 6.54 Å². The molecule has 0 aliphatic heterocycles. The minimum Gasteiger partial charge on any atom is -0.313 e. The predicted molar refractivity (Wildman–Crippen MR) is 74.4 cm³/mol. The van der Waals surface area contributed by atoms with E-state index in [9.17, 15) is 0 Å². The minimum atomic E-state index is 0.647. The number of hydrogen-bond acceptors (Lipinski definition) is 1. The molecule has 1 heteroatoms. The first kappa shape index (κ1) is 12.6. The molecule has 2 rings (SSSR count). The number of hydrogen-bond donors (Lipinski definition) is 1. The van der Waals surface area contributed by atoms with Crippen molar-refractivity contribution < 1.29 is 0 Å². The Bertz CT molecular complexity index is 358. The summed E-state index contributed by atoms with van der Waals surface area (Å²) in [5, 5.41) is 3.72. The van der Waals surface area contributed by atoms with Gasteiger partial charge < -0.3 is 5.32 Å². The van der Waals surface area contributed by atoms with Gasteiger partial charge in [-0.3, -0.25) is 0 Å². The SMILES string of the molecule is CCNC(C(C)CC)C1CCc2ccccc21. The molecule has 0 bridgehead atoms. The van der Waals surface area contributed by atoms with E-state index in [1.54, 1.807) is 11.1 Å². The van der Waals surface area contributed by atoms with Gasteiger partial charge in [0.2, 0.25) is 0 Å². The van der Waals surface area contributed by atoms with E-state index in [1.165, 1.54) is 19.3 Å². The van der Waals surface area contributed by atoms with E-state index in [1.807, 2.05) is 0 Å². The van der Waals surface area contributed by atoms with E-state index in [0.29, 0.717) is 6.04 Å². The van der Waals surface area contributed by atoms with Gasteiger partial charge in [0.1, 0.15) is 0 Å². The van der Waals surface area contributed by atoms with Crippen LogP contribution in [0, 0.1) is 5.92 Å². The average Bonchev–Trinajstić information content (AvgIpc) is 2.79. The summed E-state index contributed by atoms with van der Waals surface area (Å²) >= 11 is 0. The van der Waals surface area contributed by atoms with Crippen LogP contribution in [0.3, 0.4) is 0 Å². The second-order valence-electron chi connectivity index (χ2n) is 5.31. The van der Waals surface area contributed by atoms with Crippen molar-refractivity contribution in [3.8, 4) is 0 Å². The summed E-state index contributed by atoms with van der Waals surface area (Å²) < 4.78 is 0. The number of benzene rings is 1. The van der Waals surface area contributed by atoms with Crippen LogP contribution in [-0.2, 0) is 6.42 Å². The maximum atomic E-state index is 3.72. The Hall–Kier alpha value is -0.820. The van der Waals surface area contributed by atoms with Crippen LogP contribution in [0.25, 0.3) is 0 Å². The number of likely N-dealkylation sites (N-methyl/N-ethyl adjacent to an activating group) is 1. The molecule has 0 amide bonds. The Morgan fingerprint density at radius 2 is 2.06 bits per heavy atom. The van der Waals surface area contributed by atoms with Gasteiger partial charge in [-0.1, -0.05) is 51.5 Å². The van der Waals surface area contributed by atoms with E-state index in [2.05, 4.69) is 50.4 Å². The summed E-state index contributed by atoms with van der Waals surface area (Å²) in [5.41, 5.74) is 3.17. The van der Waals surface area contributed by atoms with Gasteiger partial charge in [0.05, 0.1) is 0 Å². The van der Waals surface area contributed by atoms with Crippen LogP contribution >= 0.6 is 0 Å². The third kappa shape index (κ3) is 2.55. The molecule has 3 unspecified atom stereocenters. The topological polar surface area (TPSA) is 12.0 Å². The van der Waals surface area contributed by atoms with Crippen LogP contribution in [0.5, 0.6) is 0 Å². The minimum absolute atomic E-state index is 0.647. The number of fused-ring (bicyclic) bond motifs is 1. The third-order valence-corrected chi connectivity index (χ3v) is 4.31. The van der Waals surface area contributed by atoms with Crippen LogP contribution in [0.4, 0.5) is 0 Å². The first-order chi connectivity index (χ1) is 8.27. The molecule has 1 aromatic carbocycles. The highest BCUT2D eigenvalue weighted by Crippen LogP contribution is 2.38. The van der Waals surface area contributed by atoms with E-state index >= 15 is 0 Å². The predicted octanol–water partition coefficient (Wildman–Crippen LogP) is 3.74. The summed E-state index contributed by atoms with van der Waals surface area (Å²) in [5.74, 6) is 1.48. The van der Waals surface area contributed by atoms with Crippen molar-refractivity contribution in [1.82, 2.24) is 5.32 Å². The van der Waals surface area contributed by atoms with Crippen molar-refractivity contribution >= 4 is 0 Å². The number of aryl methyl sites for hydroxylation is 1. The molecule has 94 valence electrons. The highest BCUT2D eigenvalue weighted by atomic mass is 14.9. The zero-order chi connectivity index (χ0) is 12.3. The molecule has 1 aliphatic carbocycles. The lowest BCUT2D eigenvalue weighted by Gasteiger charge is -2.30. The second-order valence-corrected chi connectivity index (χ2v) is 5.31. The molecule has 3 atom stereocenters. The second kappa shape index (κ2) is 5.68. The van der Waals surface area contributed by atoms with Gasteiger partial charge in [-0.2, -0.15) is 0 Å². The average molecular weight is 231 g/mol. The summed E-state index contributed by atoms with van der Waals surface area (Å²) in [7, 11) is 0. The van der Waals surface area contributed by atoms with E-state index < -0.39 is 0 Å². The number of nitrogens with one attached hydrogen (secondary N) is 1. The summed E-state index contributed by atoms with van der Waals surface area (Å²) in [6, 6.07) is 9.65. The third-order valence-electron chi connectivity index (χ3n) is 4.31. The van der Waals surface area contributed by atoms with E-state index in [4.69, 9.17) is 0 Å². The maximum absolute atomic E-state index is 3.72. The smallest absolute Gasteiger partial charge is 0.0161 e. The monoisotopic (exact) mass is 231 g/mol. The van der Waals surface area contributed by atoms with Crippen LogP contribution < -0.4 is 5.32 Å². The first-order valence-corrected chi connectivity index (χ1v) is 7.09. The van der Waals surface area contributed by atoms with Gasteiger partial charge in [0.15, 0.2) is 0 Å². The normalized spacial score (nSPS) is 22.2. The number of rotatable bonds is 5. The van der Waals surface area contributed by atoms with Crippen LogP contribution in [0.1, 0.15) is 50.7 Å². The molecule has 0 fully saturated rings. The van der Waals surface area contributed by atoms with Crippen molar-refractivity contribution in [2.24, 2.45) is 5.92 Å². The van der Waals surface area contributed by atoms with Crippen molar-refractivity contribution in [3.63, 3.8) is 0 Å². The molecule has 1 nitrogen and oxygen atoms in total. The van der Waals surface area contributed by atoms with Crippen molar-refractivity contribution in [3.05, 3.63) is 35.4 Å². The Morgan fingerprint density at radius 1 is 1.29 bits per heavy atom. The molecule has 1 aromatic rings. The maximum Gasteiger partial charge on any atom is 0.0161 e. The fraction of sp³-hybridized carbons (Fsp3) is 0.625. The lowest BCUT2D eigenvalue weighted by atomic mass is 9.84. The fourth-order valence-corrected chi connectivity index (χ4v) is 3.19. The summed E-state index contributed by atoms with van der Waals surface area (Å²) in [6.07, 6.45) is 3.84. The largest absolute Gasteiger partial charge is 0.313 e. The zero-order valence-corrected chi connectivity index (χ0v) is 11.4. The molecular weight excluding hydrogens is 206 g/mol. The molecule has 0 aromatic heterocycles. The molecule has 17 heavy (non-hydrogen) atoms. The summed E-state index contributed by atoms with van der Waals surface area (Å²) in [6.45, 7) is 7.98. The zero-order valence-electron chi connectivity index (χ0n) is 11.4. The van der Waals surface area contributed by atoms with Gasteiger partial charge in [-0.05, 0) is 36.4 Å². The fourth-order valence-electron chi connectivity index (χ4n) is 3.19. The van der Waals surface area contributed by atoms with Gasteiger partial charge >= 0.3 is 0 Å². The molecule has 1 N–H and O–H groups in total. The molecule has 0 heterocycles.